The van der Waals surface area contributed by atoms with Gasteiger partial charge in [0.25, 0.3) is 10.1 Å². The number of hydrogen-bond acceptors (Lipinski definition) is 9. The summed E-state index contributed by atoms with van der Waals surface area (Å²) in [4.78, 5) is 8.12. The van der Waals surface area contributed by atoms with E-state index in [0.29, 0.717) is 5.56 Å². The van der Waals surface area contributed by atoms with Gasteiger partial charge in [0.1, 0.15) is 24.1 Å². The average molecular weight is 398 g/mol. The van der Waals surface area contributed by atoms with E-state index < -0.39 is 40.2 Å². The van der Waals surface area contributed by atoms with Crippen LogP contribution >= 0.6 is 0 Å². The van der Waals surface area contributed by atoms with E-state index in [1.807, 2.05) is 13.0 Å². The molecule has 0 saturated carbocycles. The fourth-order valence-electron chi connectivity index (χ4n) is 2.66. The Kier molecular flexibility index (Phi) is 5.42. The molecular weight excluding hydrogens is 380 g/mol. The van der Waals surface area contributed by atoms with Crippen molar-refractivity contribution in [1.29, 1.82) is 0 Å². The van der Waals surface area contributed by atoms with Gasteiger partial charge in [-0.15, -0.1) is 0 Å². The molecule has 1 fully saturated rings. The summed E-state index contributed by atoms with van der Waals surface area (Å²) in [6, 6.07) is 5.15. The second-order valence-corrected chi connectivity index (χ2v) is 7.57. The van der Waals surface area contributed by atoms with Crippen molar-refractivity contribution in [2.75, 3.05) is 0 Å². The van der Waals surface area contributed by atoms with Gasteiger partial charge >= 0.3 is 0 Å². The number of hydrogen-bond donors (Lipinski definition) is 4. The van der Waals surface area contributed by atoms with Crippen molar-refractivity contribution in [2.45, 2.75) is 37.0 Å². The number of aliphatic hydroxyl groups excluding tert-OH is 3. The molecule has 3 rings (SSSR count). The third kappa shape index (κ3) is 4.24. The summed E-state index contributed by atoms with van der Waals surface area (Å²) < 4.78 is 42.1. The van der Waals surface area contributed by atoms with E-state index in [-0.39, 0.29) is 5.75 Å². The minimum absolute atomic E-state index is 0.115. The van der Waals surface area contributed by atoms with Crippen LogP contribution < -0.4 is 4.74 Å². The van der Waals surface area contributed by atoms with Gasteiger partial charge in [-0.2, -0.15) is 8.42 Å². The van der Waals surface area contributed by atoms with Crippen LogP contribution in [0.4, 0.5) is 0 Å². The number of ether oxygens (including phenoxy) is 2. The molecule has 2 aromatic heterocycles. The molecule has 146 valence electrons. The number of rotatable bonds is 4. The molecule has 0 radical (unpaired) electrons. The highest BCUT2D eigenvalue weighted by Crippen LogP contribution is 2.28. The van der Waals surface area contributed by atoms with Crippen LogP contribution in [0.15, 0.2) is 36.8 Å². The largest absolute Gasteiger partial charge is 0.460 e. The van der Waals surface area contributed by atoms with Gasteiger partial charge in [-0.3, -0.25) is 14.5 Å². The summed E-state index contributed by atoms with van der Waals surface area (Å²) in [6.45, 7) is 1.83. The van der Waals surface area contributed by atoms with Crippen LogP contribution in [0, 0.1) is 6.92 Å². The van der Waals surface area contributed by atoms with Crippen LogP contribution in [0.5, 0.6) is 5.75 Å². The van der Waals surface area contributed by atoms with E-state index in [0.717, 1.165) is 11.3 Å². The molecule has 4 N–H and O–H groups in total. The van der Waals surface area contributed by atoms with Crippen molar-refractivity contribution in [3.63, 3.8) is 0 Å². The Morgan fingerprint density at radius 2 is 1.81 bits per heavy atom. The highest BCUT2D eigenvalue weighted by molar-refractivity contribution is 7.86. The van der Waals surface area contributed by atoms with Gasteiger partial charge < -0.3 is 24.8 Å². The van der Waals surface area contributed by atoms with E-state index >= 15 is 0 Å². The summed E-state index contributed by atoms with van der Waals surface area (Å²) in [5.74, 6) is 0.115. The predicted molar refractivity (Wildman–Crippen MR) is 91.1 cm³/mol. The third-order valence-electron chi connectivity index (χ3n) is 4.01. The summed E-state index contributed by atoms with van der Waals surface area (Å²) in [5, 5.41) is 29.5. The van der Waals surface area contributed by atoms with Crippen molar-refractivity contribution in [3.05, 3.63) is 42.5 Å². The normalized spacial score (nSPS) is 28.7. The van der Waals surface area contributed by atoms with Crippen LogP contribution in [0.3, 0.4) is 0 Å². The molecule has 1 saturated heterocycles. The lowest BCUT2D eigenvalue weighted by Gasteiger charge is -2.38. The smallest absolute Gasteiger partial charge is 0.295 e. The molecular formula is C16H18N2O8S. The number of aromatic nitrogens is 2. The van der Waals surface area contributed by atoms with Crippen LogP contribution in [0.25, 0.3) is 11.1 Å². The highest BCUT2D eigenvalue weighted by Gasteiger charge is 2.50. The minimum atomic E-state index is -4.86. The Morgan fingerprint density at radius 1 is 1.07 bits per heavy atom. The van der Waals surface area contributed by atoms with Crippen molar-refractivity contribution >= 4 is 10.1 Å². The van der Waals surface area contributed by atoms with Crippen molar-refractivity contribution in [1.82, 2.24) is 9.97 Å². The van der Waals surface area contributed by atoms with E-state index in [2.05, 4.69) is 9.97 Å². The van der Waals surface area contributed by atoms with Gasteiger partial charge in [0, 0.05) is 23.7 Å². The maximum absolute atomic E-state index is 11.3. The fraction of sp³-hybridized carbons (Fsp3) is 0.375. The SMILES string of the molecule is Cc1cc(-c2cncc(O[C@@H]3OC(S(=O)(=O)O)[C@@H](O)[C@H](O)[C@H]3O)c2)ccn1. The van der Waals surface area contributed by atoms with Gasteiger partial charge in [0.15, 0.2) is 0 Å². The molecule has 27 heavy (non-hydrogen) atoms. The number of aliphatic hydroxyl groups is 3. The van der Waals surface area contributed by atoms with Crippen molar-refractivity contribution < 1.29 is 37.8 Å². The molecule has 1 aliphatic heterocycles. The standard InChI is InChI=1S/C16H18N2O8S/c1-8-4-9(2-3-18-8)10-5-11(7-17-6-10)25-15-13(20)12(19)14(21)16(26-15)27(22,23)24/h2-7,12-16,19-21H,1H3,(H,22,23,24)/t12-,13-,14+,15-,16?/m1/s1. The van der Waals surface area contributed by atoms with E-state index in [4.69, 9.17) is 14.0 Å². The lowest BCUT2D eigenvalue weighted by Crippen LogP contribution is -2.61. The maximum atomic E-state index is 11.3. The zero-order valence-corrected chi connectivity index (χ0v) is 14.9. The molecule has 0 spiro atoms. The van der Waals surface area contributed by atoms with E-state index in [1.54, 1.807) is 24.5 Å². The molecule has 0 aliphatic carbocycles. The van der Waals surface area contributed by atoms with E-state index in [9.17, 15) is 23.7 Å². The molecule has 0 aromatic carbocycles. The second-order valence-electron chi connectivity index (χ2n) is 6.07. The second kappa shape index (κ2) is 7.46. The molecule has 0 bridgehead atoms. The Hall–Kier alpha value is -2.15. The summed E-state index contributed by atoms with van der Waals surface area (Å²) in [6.07, 6.45) is -2.88. The highest BCUT2D eigenvalue weighted by atomic mass is 32.2. The molecule has 10 nitrogen and oxygen atoms in total. The third-order valence-corrected chi connectivity index (χ3v) is 4.99. The first kappa shape index (κ1) is 19.6. The van der Waals surface area contributed by atoms with Crippen LogP contribution in [0.1, 0.15) is 5.69 Å². The maximum Gasteiger partial charge on any atom is 0.295 e. The first-order valence-electron chi connectivity index (χ1n) is 7.87. The Bertz CT molecular complexity index is 922. The Balaban J connectivity index is 1.85. The average Bonchev–Trinajstić information content (AvgIpc) is 2.61. The minimum Gasteiger partial charge on any atom is -0.460 e. The summed E-state index contributed by atoms with van der Waals surface area (Å²) in [7, 11) is -4.86. The zero-order valence-electron chi connectivity index (χ0n) is 14.1. The van der Waals surface area contributed by atoms with Gasteiger partial charge in [0.05, 0.1) is 6.20 Å². The molecule has 3 heterocycles. The lowest BCUT2D eigenvalue weighted by molar-refractivity contribution is -0.254. The monoisotopic (exact) mass is 398 g/mol. The first-order chi connectivity index (χ1) is 12.7. The van der Waals surface area contributed by atoms with Crippen LogP contribution in [-0.2, 0) is 14.9 Å². The first-order valence-corrected chi connectivity index (χ1v) is 9.38. The topological polar surface area (TPSA) is 159 Å². The molecule has 5 atom stereocenters. The van der Waals surface area contributed by atoms with Crippen LogP contribution in [-0.4, -0.2) is 68.3 Å². The molecule has 1 unspecified atom stereocenters. The Labute approximate surface area is 154 Å². The van der Waals surface area contributed by atoms with Gasteiger partial charge in [-0.05, 0) is 30.7 Å². The lowest BCUT2D eigenvalue weighted by atomic mass is 10.1. The number of nitrogens with zero attached hydrogens (tertiary/aromatic N) is 2. The number of pyridine rings is 2. The van der Waals surface area contributed by atoms with Crippen LogP contribution in [0.2, 0.25) is 0 Å². The Morgan fingerprint density at radius 3 is 2.48 bits per heavy atom. The fourth-order valence-corrected chi connectivity index (χ4v) is 3.42. The van der Waals surface area contributed by atoms with Gasteiger partial charge in [0.2, 0.25) is 11.7 Å². The molecule has 0 amide bonds. The number of aryl methyl sites for hydroxylation is 1. The quantitative estimate of drug-likeness (QED) is 0.494. The summed E-state index contributed by atoms with van der Waals surface area (Å²) >= 11 is 0. The summed E-state index contributed by atoms with van der Waals surface area (Å²) in [5.41, 5.74) is 0.0879. The molecule has 1 aliphatic rings. The van der Waals surface area contributed by atoms with Gasteiger partial charge in [-0.25, -0.2) is 0 Å². The van der Waals surface area contributed by atoms with Crippen molar-refractivity contribution in [3.8, 4) is 16.9 Å². The van der Waals surface area contributed by atoms with E-state index in [1.165, 1.54) is 6.20 Å². The molecule has 11 heteroatoms. The van der Waals surface area contributed by atoms with Crippen molar-refractivity contribution in [2.24, 2.45) is 0 Å². The predicted octanol–water partition coefficient (Wildman–Crippen LogP) is -0.516. The molecule has 2 aromatic rings. The zero-order chi connectivity index (χ0) is 19.8. The van der Waals surface area contributed by atoms with Gasteiger partial charge in [-0.1, -0.05) is 0 Å².